The van der Waals surface area contributed by atoms with Crippen molar-refractivity contribution >= 4 is 34.9 Å². The van der Waals surface area contributed by atoms with Gasteiger partial charge in [0, 0.05) is 17.3 Å². The summed E-state index contributed by atoms with van der Waals surface area (Å²) in [6.07, 6.45) is 8.31. The number of urea groups is 1. The lowest BCUT2D eigenvalue weighted by Gasteiger charge is -2.33. The second-order valence-electron chi connectivity index (χ2n) is 7.59. The number of nitrogens with one attached hydrogen (secondary N) is 1. The molecule has 1 aliphatic carbocycles. The highest BCUT2D eigenvalue weighted by molar-refractivity contribution is 6.32. The van der Waals surface area contributed by atoms with Crippen molar-refractivity contribution in [1.29, 1.82) is 0 Å². The van der Waals surface area contributed by atoms with E-state index in [1.54, 1.807) is 0 Å². The number of primary amides is 1. The monoisotopic (exact) mass is 407 g/mol. The van der Waals surface area contributed by atoms with Crippen LogP contribution in [0.4, 0.5) is 10.5 Å². The first kappa shape index (κ1) is 20.2. The number of hydrogen-bond acceptors (Lipinski definition) is 2. The second-order valence-corrected chi connectivity index (χ2v) is 8.59. The Balaban J connectivity index is 1.56. The van der Waals surface area contributed by atoms with Crippen molar-refractivity contribution in [3.8, 4) is 0 Å². The summed E-state index contributed by atoms with van der Waals surface area (Å²) in [5, 5.41) is 3.54. The van der Waals surface area contributed by atoms with Crippen LogP contribution in [0.25, 0.3) is 0 Å². The molecule has 1 aromatic rings. The molecule has 0 bridgehead atoms. The fourth-order valence-electron chi connectivity index (χ4n) is 4.03. The maximum Gasteiger partial charge on any atom is 0.316 e. The second kappa shape index (κ2) is 9.13. The number of carbonyl (C=O) groups is 1. The minimum absolute atomic E-state index is 0.0230. The van der Waals surface area contributed by atoms with Gasteiger partial charge in [-0.1, -0.05) is 29.3 Å². The molecule has 0 radical (unpaired) electrons. The van der Waals surface area contributed by atoms with E-state index < -0.39 is 6.03 Å². The van der Waals surface area contributed by atoms with E-state index in [1.807, 2.05) is 18.2 Å². The number of allylic oxidation sites excluding steroid dienone is 4. The Hall–Kier alpha value is -1.49. The highest BCUT2D eigenvalue weighted by Crippen LogP contribution is 2.32. The maximum atomic E-state index is 11.3. The standard InChI is InChI=1S/C21H27Cl2N3O/c1-14-3-2-4-20(25-21(24)27)19(14)13-26-7-5-15(6-8-26)9-16-10-17(22)12-18(23)11-16/h2-4,10,12,15,18H,5-9,11,13H2,1H3,(H3,24,25,27). The molecule has 0 aromatic heterocycles. The van der Waals surface area contributed by atoms with E-state index in [9.17, 15) is 4.79 Å². The quantitative estimate of drug-likeness (QED) is 0.663. The summed E-state index contributed by atoms with van der Waals surface area (Å²) in [7, 11) is 0. The molecule has 27 heavy (non-hydrogen) atoms. The van der Waals surface area contributed by atoms with E-state index in [2.05, 4.69) is 29.3 Å². The van der Waals surface area contributed by atoms with Crippen LogP contribution in [0.15, 0.2) is 41.0 Å². The maximum absolute atomic E-state index is 11.3. The number of nitrogens with zero attached hydrogens (tertiary/aromatic N) is 1. The van der Waals surface area contributed by atoms with Gasteiger partial charge in [-0.2, -0.15) is 0 Å². The normalized spacial score (nSPS) is 21.5. The Morgan fingerprint density at radius 3 is 2.74 bits per heavy atom. The van der Waals surface area contributed by atoms with Crippen molar-refractivity contribution < 1.29 is 4.79 Å². The fraction of sp³-hybridized carbons (Fsp3) is 0.476. The van der Waals surface area contributed by atoms with Gasteiger partial charge in [0.2, 0.25) is 0 Å². The number of piperidine rings is 1. The first-order chi connectivity index (χ1) is 12.9. The zero-order valence-corrected chi connectivity index (χ0v) is 17.2. The highest BCUT2D eigenvalue weighted by Gasteiger charge is 2.23. The van der Waals surface area contributed by atoms with Gasteiger partial charge in [-0.25, -0.2) is 4.79 Å². The average molecular weight is 408 g/mol. The molecule has 3 rings (SSSR count). The highest BCUT2D eigenvalue weighted by atomic mass is 35.5. The smallest absolute Gasteiger partial charge is 0.316 e. The van der Waals surface area contributed by atoms with Gasteiger partial charge in [-0.15, -0.1) is 11.6 Å². The summed E-state index contributed by atoms with van der Waals surface area (Å²) in [5.74, 6) is 0.680. The number of halogens is 2. The predicted octanol–water partition coefficient (Wildman–Crippen LogP) is 5.15. The van der Waals surface area contributed by atoms with Crippen LogP contribution in [0.1, 0.15) is 36.8 Å². The topological polar surface area (TPSA) is 58.4 Å². The van der Waals surface area contributed by atoms with Gasteiger partial charge < -0.3 is 11.1 Å². The van der Waals surface area contributed by atoms with Gasteiger partial charge in [0.25, 0.3) is 0 Å². The Morgan fingerprint density at radius 2 is 2.07 bits per heavy atom. The van der Waals surface area contributed by atoms with E-state index in [1.165, 1.54) is 11.1 Å². The molecule has 3 N–H and O–H groups in total. The van der Waals surface area contributed by atoms with E-state index in [0.29, 0.717) is 5.92 Å². The molecule has 0 spiro atoms. The third-order valence-corrected chi connectivity index (χ3v) is 5.96. The van der Waals surface area contributed by atoms with Gasteiger partial charge in [-0.05, 0) is 81.0 Å². The molecule has 1 unspecified atom stereocenters. The van der Waals surface area contributed by atoms with Crippen LogP contribution in [-0.4, -0.2) is 29.4 Å². The van der Waals surface area contributed by atoms with Crippen molar-refractivity contribution in [1.82, 2.24) is 4.90 Å². The van der Waals surface area contributed by atoms with Gasteiger partial charge in [0.05, 0.1) is 5.38 Å². The first-order valence-corrected chi connectivity index (χ1v) is 10.3. The predicted molar refractivity (Wildman–Crippen MR) is 113 cm³/mol. The molecular weight excluding hydrogens is 381 g/mol. The number of carbonyl (C=O) groups excluding carboxylic acids is 1. The van der Waals surface area contributed by atoms with E-state index in [-0.39, 0.29) is 5.38 Å². The molecule has 1 saturated heterocycles. The van der Waals surface area contributed by atoms with Gasteiger partial charge in [0.1, 0.15) is 0 Å². The number of aryl methyl sites for hydroxylation is 1. The summed E-state index contributed by atoms with van der Waals surface area (Å²) in [6, 6.07) is 5.41. The SMILES string of the molecule is Cc1cccc(NC(N)=O)c1CN1CCC(CC2=CC(Cl)=CC(Cl)C2)CC1. The molecule has 6 heteroatoms. The molecule has 1 aliphatic heterocycles. The van der Waals surface area contributed by atoms with Crippen LogP contribution in [0.2, 0.25) is 0 Å². The third kappa shape index (κ3) is 5.74. The van der Waals surface area contributed by atoms with E-state index in [0.717, 1.165) is 61.6 Å². The minimum Gasteiger partial charge on any atom is -0.351 e. The average Bonchev–Trinajstić information content (AvgIpc) is 2.58. The number of rotatable bonds is 5. The number of benzene rings is 1. The lowest BCUT2D eigenvalue weighted by Crippen LogP contribution is -2.34. The van der Waals surface area contributed by atoms with Crippen LogP contribution in [-0.2, 0) is 6.54 Å². The largest absolute Gasteiger partial charge is 0.351 e. The molecule has 1 aromatic carbocycles. The number of amides is 2. The zero-order valence-electron chi connectivity index (χ0n) is 15.7. The van der Waals surface area contributed by atoms with E-state index >= 15 is 0 Å². The van der Waals surface area contributed by atoms with Crippen molar-refractivity contribution in [3.05, 3.63) is 52.1 Å². The van der Waals surface area contributed by atoms with Crippen molar-refractivity contribution in [2.24, 2.45) is 11.7 Å². The first-order valence-electron chi connectivity index (χ1n) is 9.49. The van der Waals surface area contributed by atoms with Crippen molar-refractivity contribution in [3.63, 3.8) is 0 Å². The van der Waals surface area contributed by atoms with Crippen molar-refractivity contribution in [2.45, 2.75) is 44.5 Å². The van der Waals surface area contributed by atoms with Gasteiger partial charge in [0.15, 0.2) is 0 Å². The Labute approximate surface area is 171 Å². The van der Waals surface area contributed by atoms with Gasteiger partial charge >= 0.3 is 6.03 Å². The third-order valence-electron chi connectivity index (χ3n) is 5.45. The van der Waals surface area contributed by atoms with Crippen LogP contribution >= 0.6 is 23.2 Å². The Morgan fingerprint density at radius 1 is 1.33 bits per heavy atom. The van der Waals surface area contributed by atoms with Crippen LogP contribution in [0.3, 0.4) is 0 Å². The molecule has 146 valence electrons. The molecule has 0 saturated carbocycles. The molecule has 1 fully saturated rings. The summed E-state index contributed by atoms with van der Waals surface area (Å²) < 4.78 is 0. The van der Waals surface area contributed by atoms with Crippen molar-refractivity contribution in [2.75, 3.05) is 18.4 Å². The van der Waals surface area contributed by atoms with E-state index in [4.69, 9.17) is 28.9 Å². The Kier molecular flexibility index (Phi) is 6.85. The number of hydrogen-bond donors (Lipinski definition) is 2. The molecule has 1 heterocycles. The van der Waals surface area contributed by atoms with Crippen LogP contribution in [0, 0.1) is 12.8 Å². The zero-order chi connectivity index (χ0) is 19.4. The molecule has 1 atom stereocenters. The molecule has 2 amide bonds. The lowest BCUT2D eigenvalue weighted by molar-refractivity contribution is 0.176. The number of nitrogens with two attached hydrogens (primary N) is 1. The van der Waals surface area contributed by atoms with Crippen LogP contribution in [0.5, 0.6) is 0 Å². The summed E-state index contributed by atoms with van der Waals surface area (Å²) in [5.41, 5.74) is 9.81. The summed E-state index contributed by atoms with van der Waals surface area (Å²) in [4.78, 5) is 13.7. The Bertz CT molecular complexity index is 752. The number of anilines is 1. The number of likely N-dealkylation sites (tertiary alicyclic amines) is 1. The molecule has 2 aliphatic rings. The van der Waals surface area contributed by atoms with Crippen LogP contribution < -0.4 is 11.1 Å². The van der Waals surface area contributed by atoms with Gasteiger partial charge in [-0.3, -0.25) is 4.90 Å². The molecular formula is C21H27Cl2N3O. The lowest BCUT2D eigenvalue weighted by atomic mass is 9.87. The minimum atomic E-state index is -0.522. The number of alkyl halides is 1. The summed E-state index contributed by atoms with van der Waals surface area (Å²) >= 11 is 12.4. The fourth-order valence-corrected chi connectivity index (χ4v) is 4.74. The molecule has 4 nitrogen and oxygen atoms in total. The summed E-state index contributed by atoms with van der Waals surface area (Å²) in [6.45, 7) is 5.01.